The third-order valence-corrected chi connectivity index (χ3v) is 7.75. The fraction of sp³-hybridized carbons (Fsp3) is 0.231. The molecule has 1 heterocycles. The highest BCUT2D eigenvalue weighted by Crippen LogP contribution is 2.65. The average Bonchev–Trinajstić information content (AvgIpc) is 3.01. The predicted molar refractivity (Wildman–Crippen MR) is 117 cm³/mol. The Morgan fingerprint density at radius 1 is 0.833 bits per heavy atom. The van der Waals surface area contributed by atoms with Gasteiger partial charge in [-0.25, -0.2) is 4.90 Å². The summed E-state index contributed by atoms with van der Waals surface area (Å²) in [4.78, 5) is 28.0. The first-order valence-corrected chi connectivity index (χ1v) is 10.6. The van der Waals surface area contributed by atoms with Gasteiger partial charge < -0.3 is 0 Å². The van der Waals surface area contributed by atoms with Crippen molar-refractivity contribution in [3.05, 3.63) is 100 Å². The van der Waals surface area contributed by atoms with E-state index in [1.54, 1.807) is 0 Å². The summed E-state index contributed by atoms with van der Waals surface area (Å²) in [5.74, 6) is -1.59. The van der Waals surface area contributed by atoms with Crippen LogP contribution in [0.3, 0.4) is 0 Å². The highest BCUT2D eigenvalue weighted by atomic mass is 35.5. The molecule has 0 spiro atoms. The van der Waals surface area contributed by atoms with Crippen LogP contribution in [0.25, 0.3) is 0 Å². The van der Waals surface area contributed by atoms with Crippen molar-refractivity contribution in [3.63, 3.8) is 0 Å². The van der Waals surface area contributed by atoms with Gasteiger partial charge in [-0.3, -0.25) is 9.59 Å². The van der Waals surface area contributed by atoms with Gasteiger partial charge in [0.15, 0.2) is 0 Å². The molecule has 3 aromatic carbocycles. The van der Waals surface area contributed by atoms with Crippen molar-refractivity contribution in [1.82, 2.24) is 0 Å². The number of anilines is 1. The molecular weight excluding hydrogens is 394 g/mol. The largest absolute Gasteiger partial charge is 0.274 e. The van der Waals surface area contributed by atoms with Crippen LogP contribution < -0.4 is 4.90 Å². The normalized spacial score (nSPS) is 28.4. The number of rotatable bonds is 1. The third kappa shape index (κ3) is 1.96. The van der Waals surface area contributed by atoms with Gasteiger partial charge in [-0.05, 0) is 47.7 Å². The fourth-order valence-corrected chi connectivity index (χ4v) is 6.55. The van der Waals surface area contributed by atoms with Crippen molar-refractivity contribution in [1.29, 1.82) is 0 Å². The standard InChI is InChI=1S/C26H20ClNO2/c1-14-11-12-20(15(2)13-14)28-24(29)22-21-16-7-3-5-9-18(16)26(27,23(22)25(28)30)19-10-6-4-8-17(19)21/h3-13,21-23H,1-2H3/t21?,22-,23+,26?/m0/s1. The fourth-order valence-electron chi connectivity index (χ4n) is 5.97. The van der Waals surface area contributed by atoms with E-state index in [1.165, 1.54) is 4.90 Å². The summed E-state index contributed by atoms with van der Waals surface area (Å²) in [6.45, 7) is 3.95. The van der Waals surface area contributed by atoms with Crippen LogP contribution in [0.1, 0.15) is 39.3 Å². The minimum atomic E-state index is -1.04. The van der Waals surface area contributed by atoms with Crippen molar-refractivity contribution in [2.45, 2.75) is 24.6 Å². The van der Waals surface area contributed by atoms with E-state index < -0.39 is 16.7 Å². The molecule has 1 fully saturated rings. The Hall–Kier alpha value is -2.91. The van der Waals surface area contributed by atoms with E-state index in [4.69, 9.17) is 11.6 Å². The molecular formula is C26H20ClNO2. The molecule has 148 valence electrons. The summed E-state index contributed by atoms with van der Waals surface area (Å²) in [7, 11) is 0. The number of hydrogen-bond acceptors (Lipinski definition) is 2. The van der Waals surface area contributed by atoms with Crippen LogP contribution in [-0.2, 0) is 14.5 Å². The second-order valence-corrected chi connectivity index (χ2v) is 9.27. The molecule has 2 atom stereocenters. The Morgan fingerprint density at radius 3 is 2.03 bits per heavy atom. The lowest BCUT2D eigenvalue weighted by molar-refractivity contribution is -0.122. The minimum absolute atomic E-state index is 0.143. The highest BCUT2D eigenvalue weighted by molar-refractivity contribution is 6.33. The monoisotopic (exact) mass is 413 g/mol. The van der Waals surface area contributed by atoms with Gasteiger partial charge in [-0.2, -0.15) is 0 Å². The van der Waals surface area contributed by atoms with Crippen LogP contribution >= 0.6 is 11.6 Å². The van der Waals surface area contributed by atoms with Gasteiger partial charge in [0.2, 0.25) is 11.8 Å². The summed E-state index contributed by atoms with van der Waals surface area (Å²) in [5.41, 5.74) is 6.73. The van der Waals surface area contributed by atoms with Crippen molar-refractivity contribution in [3.8, 4) is 0 Å². The molecule has 3 aromatic rings. The SMILES string of the molecule is Cc1ccc(N2C(=O)[C@H]3C4c5ccccc5C(Cl)(c5ccccc54)[C@H]3C2=O)c(C)c1. The molecule has 30 heavy (non-hydrogen) atoms. The summed E-state index contributed by atoms with van der Waals surface area (Å²) in [6, 6.07) is 21.9. The molecule has 0 radical (unpaired) electrons. The van der Waals surface area contributed by atoms with Crippen LogP contribution in [0.5, 0.6) is 0 Å². The van der Waals surface area contributed by atoms with E-state index in [-0.39, 0.29) is 17.7 Å². The summed E-state index contributed by atoms with van der Waals surface area (Å²) < 4.78 is 0. The molecule has 0 saturated carbocycles. The van der Waals surface area contributed by atoms with Crippen molar-refractivity contribution in [2.24, 2.45) is 11.8 Å². The van der Waals surface area contributed by atoms with E-state index in [0.29, 0.717) is 5.69 Å². The summed E-state index contributed by atoms with van der Waals surface area (Å²) >= 11 is 7.44. The number of nitrogens with zero attached hydrogens (tertiary/aromatic N) is 1. The van der Waals surface area contributed by atoms with Crippen LogP contribution in [-0.4, -0.2) is 11.8 Å². The lowest BCUT2D eigenvalue weighted by atomic mass is 9.54. The molecule has 2 amide bonds. The molecule has 0 aromatic heterocycles. The summed E-state index contributed by atoms with van der Waals surface area (Å²) in [6.07, 6.45) is 0. The number of alkyl halides is 1. The smallest absolute Gasteiger partial charge is 0.240 e. The number of hydrogen-bond donors (Lipinski definition) is 0. The molecule has 4 aliphatic rings. The Bertz CT molecular complexity index is 1220. The molecule has 1 aliphatic heterocycles. The number of aryl methyl sites for hydroxylation is 2. The number of amides is 2. The van der Waals surface area contributed by atoms with E-state index >= 15 is 0 Å². The summed E-state index contributed by atoms with van der Waals surface area (Å²) in [5, 5.41) is 0. The van der Waals surface area contributed by atoms with E-state index in [2.05, 4.69) is 12.1 Å². The van der Waals surface area contributed by atoms with Crippen LogP contribution in [0.2, 0.25) is 0 Å². The Kier molecular flexibility index (Phi) is 3.48. The van der Waals surface area contributed by atoms with Gasteiger partial charge >= 0.3 is 0 Å². The first kappa shape index (κ1) is 17.9. The zero-order valence-corrected chi connectivity index (χ0v) is 17.5. The molecule has 4 heteroatoms. The van der Waals surface area contributed by atoms with Crippen molar-refractivity contribution in [2.75, 3.05) is 4.90 Å². The molecule has 3 aliphatic carbocycles. The number of carbonyl (C=O) groups excluding carboxylic acids is 2. The zero-order valence-electron chi connectivity index (χ0n) is 16.7. The maximum atomic E-state index is 13.8. The zero-order chi connectivity index (χ0) is 20.8. The van der Waals surface area contributed by atoms with Crippen LogP contribution in [0.4, 0.5) is 5.69 Å². The molecule has 0 N–H and O–H groups in total. The van der Waals surface area contributed by atoms with Crippen LogP contribution in [0.15, 0.2) is 66.7 Å². The first-order chi connectivity index (χ1) is 14.4. The lowest BCUT2D eigenvalue weighted by Crippen LogP contribution is -2.50. The second kappa shape index (κ2) is 5.83. The molecule has 1 saturated heterocycles. The Morgan fingerprint density at radius 2 is 1.43 bits per heavy atom. The third-order valence-electron chi connectivity index (χ3n) is 7.11. The number of carbonyl (C=O) groups is 2. The number of imide groups is 1. The topological polar surface area (TPSA) is 37.4 Å². The minimum Gasteiger partial charge on any atom is -0.274 e. The molecule has 3 nitrogen and oxygen atoms in total. The second-order valence-electron chi connectivity index (χ2n) is 8.67. The number of halogens is 1. The van der Waals surface area contributed by atoms with Gasteiger partial charge in [0.25, 0.3) is 0 Å². The number of benzene rings is 3. The molecule has 0 unspecified atom stereocenters. The Labute approximate surface area is 180 Å². The predicted octanol–water partition coefficient (Wildman–Crippen LogP) is 5.05. The maximum absolute atomic E-state index is 13.8. The van der Waals surface area contributed by atoms with Crippen molar-refractivity contribution >= 4 is 29.1 Å². The van der Waals surface area contributed by atoms with Gasteiger partial charge in [-0.15, -0.1) is 11.6 Å². The van der Waals surface area contributed by atoms with Crippen molar-refractivity contribution < 1.29 is 9.59 Å². The van der Waals surface area contributed by atoms with Gasteiger partial charge in [0.1, 0.15) is 4.87 Å². The van der Waals surface area contributed by atoms with Gasteiger partial charge in [0.05, 0.1) is 17.5 Å². The first-order valence-electron chi connectivity index (χ1n) is 10.3. The van der Waals surface area contributed by atoms with E-state index in [1.807, 2.05) is 68.4 Å². The van der Waals surface area contributed by atoms with Crippen LogP contribution in [0, 0.1) is 25.7 Å². The van der Waals surface area contributed by atoms with E-state index in [9.17, 15) is 9.59 Å². The average molecular weight is 414 g/mol. The van der Waals surface area contributed by atoms with E-state index in [0.717, 1.165) is 33.4 Å². The van der Waals surface area contributed by atoms with Gasteiger partial charge in [-0.1, -0.05) is 66.2 Å². The Balaban J connectivity index is 1.62. The van der Waals surface area contributed by atoms with Gasteiger partial charge in [0, 0.05) is 5.92 Å². The highest BCUT2D eigenvalue weighted by Gasteiger charge is 2.68. The lowest BCUT2D eigenvalue weighted by Gasteiger charge is -2.50. The molecule has 7 rings (SSSR count). The maximum Gasteiger partial charge on any atom is 0.240 e. The molecule has 2 bridgehead atoms. The quantitative estimate of drug-likeness (QED) is 0.413.